The maximum atomic E-state index is 12.1. The van der Waals surface area contributed by atoms with Gasteiger partial charge in [0.25, 0.3) is 11.4 Å². The predicted octanol–water partition coefficient (Wildman–Crippen LogP) is 2.93. The molecule has 0 atom stereocenters. The molecule has 0 aliphatic carbocycles. The molecule has 7 heteroatoms. The van der Waals surface area contributed by atoms with Gasteiger partial charge in [0.1, 0.15) is 0 Å². The van der Waals surface area contributed by atoms with Crippen molar-refractivity contribution in [1.82, 2.24) is 0 Å². The minimum atomic E-state index is -0.722. The summed E-state index contributed by atoms with van der Waals surface area (Å²) in [5.41, 5.74) is -0.212. The minimum Gasteiger partial charge on any atom is -0.294 e. The zero-order chi connectivity index (χ0) is 15.4. The van der Waals surface area contributed by atoms with E-state index in [0.717, 1.165) is 12.1 Å². The van der Waals surface area contributed by atoms with E-state index in [0.29, 0.717) is 5.56 Å². The molecule has 0 saturated carbocycles. The average Bonchev–Trinajstić information content (AvgIpc) is 2.48. The molecule has 0 saturated heterocycles. The molecule has 0 fully saturated rings. The van der Waals surface area contributed by atoms with E-state index in [4.69, 9.17) is 0 Å². The van der Waals surface area contributed by atoms with Crippen LogP contribution in [0.3, 0.4) is 0 Å². The molecule has 2 rings (SSSR count). The fraction of sp³-hybridized carbons (Fsp3) is 0.0714. The number of nitrogens with zero attached hydrogens (tertiary/aromatic N) is 2. The maximum Gasteiger partial charge on any atom is 0.279 e. The van der Waals surface area contributed by atoms with Gasteiger partial charge in [-0.25, -0.2) is 0 Å². The Morgan fingerprint density at radius 3 is 2.19 bits per heavy atom. The highest BCUT2D eigenvalue weighted by molar-refractivity contribution is 5.97. The summed E-state index contributed by atoms with van der Waals surface area (Å²) in [6.07, 6.45) is -0.182. The lowest BCUT2D eigenvalue weighted by Crippen LogP contribution is -2.06. The second-order valence-electron chi connectivity index (χ2n) is 4.29. The molecule has 0 unspecified atom stereocenters. The first-order valence-corrected chi connectivity index (χ1v) is 5.99. The minimum absolute atomic E-state index is 0.152. The highest BCUT2D eigenvalue weighted by atomic mass is 16.6. The monoisotopic (exact) mass is 286 g/mol. The largest absolute Gasteiger partial charge is 0.294 e. The smallest absolute Gasteiger partial charge is 0.279 e. The number of benzene rings is 2. The number of hydrogen-bond acceptors (Lipinski definition) is 5. The molecule has 0 spiro atoms. The molecule has 2 aromatic carbocycles. The molecule has 21 heavy (non-hydrogen) atoms. The number of nitro groups is 2. The van der Waals surface area contributed by atoms with Crippen LogP contribution in [0.4, 0.5) is 11.4 Å². The number of non-ortho nitro benzene ring substituents is 1. The first-order valence-electron chi connectivity index (χ1n) is 5.99. The van der Waals surface area contributed by atoms with E-state index in [9.17, 15) is 25.0 Å². The van der Waals surface area contributed by atoms with Gasteiger partial charge in [0, 0.05) is 23.6 Å². The first kappa shape index (κ1) is 14.3. The van der Waals surface area contributed by atoms with Crippen molar-refractivity contribution in [3.05, 3.63) is 79.9 Å². The topological polar surface area (TPSA) is 103 Å². The Morgan fingerprint density at radius 2 is 1.62 bits per heavy atom. The Hall–Kier alpha value is -3.09. The molecule has 0 aliphatic heterocycles. The lowest BCUT2D eigenvalue weighted by atomic mass is 10.0. The van der Waals surface area contributed by atoms with Gasteiger partial charge in [-0.15, -0.1) is 0 Å². The van der Waals surface area contributed by atoms with Gasteiger partial charge in [0.2, 0.25) is 0 Å². The van der Waals surface area contributed by atoms with E-state index in [1.54, 1.807) is 30.3 Å². The van der Waals surface area contributed by atoms with Crippen molar-refractivity contribution in [3.8, 4) is 0 Å². The Balaban J connectivity index is 2.34. The number of Topliss-reactive ketones (excluding diaryl/α,β-unsaturated/α-hetero) is 1. The van der Waals surface area contributed by atoms with Crippen molar-refractivity contribution < 1.29 is 14.6 Å². The van der Waals surface area contributed by atoms with Gasteiger partial charge < -0.3 is 0 Å². The van der Waals surface area contributed by atoms with Crippen molar-refractivity contribution in [3.63, 3.8) is 0 Å². The average molecular weight is 286 g/mol. The van der Waals surface area contributed by atoms with E-state index in [1.807, 2.05) is 0 Å². The van der Waals surface area contributed by atoms with Crippen molar-refractivity contribution in [2.24, 2.45) is 0 Å². The number of rotatable bonds is 5. The maximum absolute atomic E-state index is 12.1. The molecule has 0 aliphatic rings. The highest BCUT2D eigenvalue weighted by Gasteiger charge is 2.21. The molecule has 0 bridgehead atoms. The van der Waals surface area contributed by atoms with E-state index in [2.05, 4.69) is 0 Å². The molecule has 0 N–H and O–H groups in total. The lowest BCUT2D eigenvalue weighted by molar-refractivity contribution is -0.394. The third kappa shape index (κ3) is 3.27. The van der Waals surface area contributed by atoms with Crippen LogP contribution in [0, 0.1) is 20.2 Å². The third-order valence-electron chi connectivity index (χ3n) is 2.92. The van der Waals surface area contributed by atoms with Crippen LogP contribution < -0.4 is 0 Å². The predicted molar refractivity (Wildman–Crippen MR) is 74.2 cm³/mol. The van der Waals surface area contributed by atoms with E-state index >= 15 is 0 Å². The molecular weight excluding hydrogens is 276 g/mol. The molecule has 0 heterocycles. The van der Waals surface area contributed by atoms with Gasteiger partial charge >= 0.3 is 0 Å². The normalized spacial score (nSPS) is 10.1. The van der Waals surface area contributed by atoms with Gasteiger partial charge in [0.15, 0.2) is 5.78 Å². The van der Waals surface area contributed by atoms with Crippen LogP contribution in [0.15, 0.2) is 48.5 Å². The summed E-state index contributed by atoms with van der Waals surface area (Å²) >= 11 is 0. The second kappa shape index (κ2) is 5.91. The SMILES string of the molecule is O=C(Cc1ccc([N+](=O)[O-])cc1[N+](=O)[O-])c1ccccc1. The molecule has 106 valence electrons. The summed E-state index contributed by atoms with van der Waals surface area (Å²) in [7, 11) is 0. The fourth-order valence-corrected chi connectivity index (χ4v) is 1.88. The Labute approximate surface area is 119 Å². The highest BCUT2D eigenvalue weighted by Crippen LogP contribution is 2.25. The van der Waals surface area contributed by atoms with Crippen LogP contribution in [0.25, 0.3) is 0 Å². The Morgan fingerprint density at radius 1 is 0.952 bits per heavy atom. The van der Waals surface area contributed by atoms with Crippen molar-refractivity contribution in [2.75, 3.05) is 0 Å². The summed E-state index contributed by atoms with van der Waals surface area (Å²) in [5.74, 6) is -0.285. The summed E-state index contributed by atoms with van der Waals surface area (Å²) in [4.78, 5) is 32.3. The van der Waals surface area contributed by atoms with Crippen LogP contribution in [-0.2, 0) is 6.42 Å². The fourth-order valence-electron chi connectivity index (χ4n) is 1.88. The molecule has 7 nitrogen and oxygen atoms in total. The standard InChI is InChI=1S/C14H10N2O5/c17-14(10-4-2-1-3-5-10)8-11-6-7-12(15(18)19)9-13(11)16(20)21/h1-7,9H,8H2. The van der Waals surface area contributed by atoms with Gasteiger partial charge in [-0.2, -0.15) is 0 Å². The zero-order valence-corrected chi connectivity index (χ0v) is 10.8. The summed E-state index contributed by atoms with van der Waals surface area (Å²) in [5, 5.41) is 21.6. The first-order chi connectivity index (χ1) is 9.99. The van der Waals surface area contributed by atoms with Crippen LogP contribution >= 0.6 is 0 Å². The number of ketones is 1. The second-order valence-corrected chi connectivity index (χ2v) is 4.29. The molecular formula is C14H10N2O5. The van der Waals surface area contributed by atoms with Gasteiger partial charge in [-0.05, 0) is 6.07 Å². The van der Waals surface area contributed by atoms with Crippen LogP contribution in [0.5, 0.6) is 0 Å². The Bertz CT molecular complexity index is 713. The number of hydrogen-bond donors (Lipinski definition) is 0. The van der Waals surface area contributed by atoms with Crippen LogP contribution in [0.2, 0.25) is 0 Å². The van der Waals surface area contributed by atoms with Crippen LogP contribution in [-0.4, -0.2) is 15.6 Å². The Kier molecular flexibility index (Phi) is 4.03. The number of nitro benzene ring substituents is 2. The summed E-state index contributed by atoms with van der Waals surface area (Å²) in [6, 6.07) is 11.6. The zero-order valence-electron chi connectivity index (χ0n) is 10.8. The van der Waals surface area contributed by atoms with Crippen LogP contribution in [0.1, 0.15) is 15.9 Å². The van der Waals surface area contributed by atoms with Crippen molar-refractivity contribution >= 4 is 17.2 Å². The number of carbonyl (C=O) groups is 1. The molecule has 0 radical (unpaired) electrons. The third-order valence-corrected chi connectivity index (χ3v) is 2.92. The van der Waals surface area contributed by atoms with E-state index in [-0.39, 0.29) is 23.5 Å². The summed E-state index contributed by atoms with van der Waals surface area (Å²) in [6.45, 7) is 0. The van der Waals surface area contributed by atoms with Gasteiger partial charge in [-0.1, -0.05) is 30.3 Å². The molecule has 0 amide bonds. The quantitative estimate of drug-likeness (QED) is 0.477. The van der Waals surface area contributed by atoms with Crippen molar-refractivity contribution in [2.45, 2.75) is 6.42 Å². The van der Waals surface area contributed by atoms with E-state index in [1.165, 1.54) is 6.07 Å². The van der Waals surface area contributed by atoms with Crippen molar-refractivity contribution in [1.29, 1.82) is 0 Å². The van der Waals surface area contributed by atoms with Gasteiger partial charge in [0.05, 0.1) is 15.9 Å². The van der Waals surface area contributed by atoms with Gasteiger partial charge in [-0.3, -0.25) is 25.0 Å². The molecule has 0 aromatic heterocycles. The molecule has 2 aromatic rings. The summed E-state index contributed by atoms with van der Waals surface area (Å²) < 4.78 is 0. The van der Waals surface area contributed by atoms with E-state index < -0.39 is 15.5 Å². The number of carbonyl (C=O) groups excluding carboxylic acids is 1. The lowest BCUT2D eigenvalue weighted by Gasteiger charge is -2.03.